The second-order valence-corrected chi connectivity index (χ2v) is 3.22. The molecule has 0 amide bonds. The number of fused-ring (bicyclic) bond motifs is 1. The van der Waals surface area contributed by atoms with Gasteiger partial charge in [-0.15, -0.1) is 0 Å². The molecule has 1 radical (unpaired) electrons. The van der Waals surface area contributed by atoms with Gasteiger partial charge in [0.25, 0.3) is 0 Å². The van der Waals surface area contributed by atoms with Gasteiger partial charge in [0, 0.05) is 0 Å². The second-order valence-electron chi connectivity index (χ2n) is 3.22. The van der Waals surface area contributed by atoms with E-state index >= 15 is 0 Å². The Bertz CT molecular complexity index is 413. The van der Waals surface area contributed by atoms with Crippen LogP contribution in [0.3, 0.4) is 0 Å². The van der Waals surface area contributed by atoms with Crippen LogP contribution in [0.5, 0.6) is 0 Å². The molecule has 0 spiro atoms. The van der Waals surface area contributed by atoms with E-state index in [0.717, 1.165) is 0 Å². The summed E-state index contributed by atoms with van der Waals surface area (Å²) in [4.78, 5) is 0. The highest BCUT2D eigenvalue weighted by Crippen LogP contribution is 2.18. The van der Waals surface area contributed by atoms with E-state index in [2.05, 4.69) is 44.2 Å². The molecule has 12 heavy (non-hydrogen) atoms. The lowest BCUT2D eigenvalue weighted by Gasteiger charge is -2.01. The Morgan fingerprint density at radius 2 is 2.00 bits per heavy atom. The maximum absolute atomic E-state index is 3.29. The van der Waals surface area contributed by atoms with Crippen LogP contribution >= 0.6 is 0 Å². The van der Waals surface area contributed by atoms with Crippen molar-refractivity contribution in [3.8, 4) is 0 Å². The molecule has 0 nitrogen and oxygen atoms in total. The molecule has 0 saturated carbocycles. The molecule has 0 heteroatoms. The Labute approximate surface area is 72.8 Å². The zero-order chi connectivity index (χ0) is 8.55. The molecule has 0 atom stereocenters. The molecule has 0 aliphatic heterocycles. The van der Waals surface area contributed by atoms with Crippen molar-refractivity contribution in [2.24, 2.45) is 0 Å². The van der Waals surface area contributed by atoms with Crippen LogP contribution in [0.4, 0.5) is 0 Å². The molecule has 2 aromatic rings. The fraction of sp³-hybridized carbons (Fsp3) is 0.167. The minimum absolute atomic E-state index is 1.24. The maximum atomic E-state index is 3.29. The molecule has 0 fully saturated rings. The third-order valence-corrected chi connectivity index (χ3v) is 2.13. The summed E-state index contributed by atoms with van der Waals surface area (Å²) in [5.74, 6) is 0. The highest BCUT2D eigenvalue weighted by Gasteiger charge is 1.95. The van der Waals surface area contributed by atoms with Crippen LogP contribution < -0.4 is 0 Å². The predicted octanol–water partition coefficient (Wildman–Crippen LogP) is 3.26. The molecule has 0 N–H and O–H groups in total. The van der Waals surface area contributed by atoms with Crippen molar-refractivity contribution in [3.05, 3.63) is 47.5 Å². The molecule has 0 aromatic heterocycles. The van der Waals surface area contributed by atoms with E-state index in [0.29, 0.717) is 0 Å². The van der Waals surface area contributed by atoms with Crippen molar-refractivity contribution in [1.82, 2.24) is 0 Å². The Hall–Kier alpha value is -1.30. The fourth-order valence-corrected chi connectivity index (χ4v) is 1.48. The van der Waals surface area contributed by atoms with Crippen molar-refractivity contribution in [2.75, 3.05) is 0 Å². The van der Waals surface area contributed by atoms with E-state index in [1.54, 1.807) is 0 Å². The largest absolute Gasteiger partial charge is 0.0614 e. The molecule has 0 heterocycles. The van der Waals surface area contributed by atoms with Gasteiger partial charge in [-0.1, -0.05) is 30.3 Å². The summed E-state index contributed by atoms with van der Waals surface area (Å²) in [5, 5.41) is 2.53. The van der Waals surface area contributed by atoms with Crippen molar-refractivity contribution in [3.63, 3.8) is 0 Å². The molecule has 0 saturated heterocycles. The molecule has 59 valence electrons. The second kappa shape index (κ2) is 2.63. The zero-order valence-corrected chi connectivity index (χ0v) is 7.39. The summed E-state index contributed by atoms with van der Waals surface area (Å²) in [6.07, 6.45) is 0. The Kier molecular flexibility index (Phi) is 1.61. The van der Waals surface area contributed by atoms with Crippen molar-refractivity contribution in [2.45, 2.75) is 13.8 Å². The van der Waals surface area contributed by atoms with Crippen molar-refractivity contribution < 1.29 is 0 Å². The number of rotatable bonds is 0. The molecular formula is C12H11. The van der Waals surface area contributed by atoms with Crippen LogP contribution in [0.1, 0.15) is 11.1 Å². The summed E-state index contributed by atoms with van der Waals surface area (Å²) < 4.78 is 0. The van der Waals surface area contributed by atoms with Gasteiger partial charge in [0.05, 0.1) is 0 Å². The first-order valence-electron chi connectivity index (χ1n) is 4.15. The van der Waals surface area contributed by atoms with Crippen molar-refractivity contribution >= 4 is 10.8 Å². The number of hydrogen-bond acceptors (Lipinski definition) is 0. The Morgan fingerprint density at radius 1 is 1.17 bits per heavy atom. The molecular weight excluding hydrogens is 144 g/mol. The molecule has 0 aliphatic rings. The average molecular weight is 155 g/mol. The van der Waals surface area contributed by atoms with Crippen molar-refractivity contribution in [1.29, 1.82) is 0 Å². The Morgan fingerprint density at radius 3 is 2.83 bits per heavy atom. The average Bonchev–Trinajstić information content (AvgIpc) is 2.04. The van der Waals surface area contributed by atoms with Gasteiger partial charge in [-0.3, -0.25) is 0 Å². The highest BCUT2D eigenvalue weighted by atomic mass is 14.0. The maximum Gasteiger partial charge on any atom is -0.00757 e. The molecule has 0 bridgehead atoms. The third-order valence-electron chi connectivity index (χ3n) is 2.13. The highest BCUT2D eigenvalue weighted by molar-refractivity contribution is 5.85. The van der Waals surface area contributed by atoms with Crippen LogP contribution in [-0.2, 0) is 0 Å². The number of hydrogen-bond donors (Lipinski definition) is 0. The lowest BCUT2D eigenvalue weighted by Crippen LogP contribution is -1.79. The first-order valence-corrected chi connectivity index (χ1v) is 4.15. The van der Waals surface area contributed by atoms with Crippen LogP contribution in [0, 0.1) is 19.9 Å². The van der Waals surface area contributed by atoms with Gasteiger partial charge in [0.1, 0.15) is 0 Å². The van der Waals surface area contributed by atoms with E-state index in [-0.39, 0.29) is 0 Å². The molecule has 2 rings (SSSR count). The lowest BCUT2D eigenvalue weighted by molar-refractivity contribution is 1.47. The zero-order valence-electron chi connectivity index (χ0n) is 7.39. The lowest BCUT2D eigenvalue weighted by atomic mass is 10.0. The molecule has 0 aliphatic carbocycles. The third kappa shape index (κ3) is 1.10. The number of aryl methyl sites for hydroxylation is 2. The predicted molar refractivity (Wildman–Crippen MR) is 52.3 cm³/mol. The van der Waals surface area contributed by atoms with Gasteiger partial charge in [0.2, 0.25) is 0 Å². The van der Waals surface area contributed by atoms with Crippen LogP contribution in [0.15, 0.2) is 30.3 Å². The van der Waals surface area contributed by atoms with Gasteiger partial charge < -0.3 is 0 Å². The van der Waals surface area contributed by atoms with Gasteiger partial charge in [-0.05, 0) is 41.8 Å². The van der Waals surface area contributed by atoms with Crippen LogP contribution in [0.2, 0.25) is 0 Å². The summed E-state index contributed by atoms with van der Waals surface area (Å²) in [6.45, 7) is 4.21. The minimum Gasteiger partial charge on any atom is -0.0614 e. The monoisotopic (exact) mass is 155 g/mol. The summed E-state index contributed by atoms with van der Waals surface area (Å²) in [6, 6.07) is 13.9. The van der Waals surface area contributed by atoms with Gasteiger partial charge in [-0.2, -0.15) is 0 Å². The summed E-state index contributed by atoms with van der Waals surface area (Å²) in [7, 11) is 0. The van der Waals surface area contributed by atoms with E-state index in [4.69, 9.17) is 0 Å². The van der Waals surface area contributed by atoms with Gasteiger partial charge in [-0.25, -0.2) is 0 Å². The first-order chi connectivity index (χ1) is 5.77. The SMILES string of the molecule is Cc1c[c]c2c(C)cccc2c1. The van der Waals surface area contributed by atoms with Crippen LogP contribution in [-0.4, -0.2) is 0 Å². The standard InChI is InChI=1S/C12H11/c1-9-6-7-12-10(2)4-3-5-11(12)8-9/h3-6,8H,1-2H3. The smallest absolute Gasteiger partial charge is 0.00757 e. The Balaban J connectivity index is 2.86. The topological polar surface area (TPSA) is 0 Å². The van der Waals surface area contributed by atoms with Crippen LogP contribution in [0.25, 0.3) is 10.8 Å². The molecule has 0 unspecified atom stereocenters. The first kappa shape index (κ1) is 7.35. The van der Waals surface area contributed by atoms with Gasteiger partial charge in [0.15, 0.2) is 0 Å². The minimum atomic E-state index is 1.24. The normalized spacial score (nSPS) is 10.5. The quantitative estimate of drug-likeness (QED) is 0.547. The van der Waals surface area contributed by atoms with E-state index < -0.39 is 0 Å². The summed E-state index contributed by atoms with van der Waals surface area (Å²) in [5.41, 5.74) is 2.57. The van der Waals surface area contributed by atoms with E-state index in [9.17, 15) is 0 Å². The number of benzene rings is 2. The summed E-state index contributed by atoms with van der Waals surface area (Å²) >= 11 is 0. The van der Waals surface area contributed by atoms with E-state index in [1.165, 1.54) is 21.9 Å². The van der Waals surface area contributed by atoms with E-state index in [1.807, 2.05) is 6.07 Å². The molecule has 2 aromatic carbocycles. The fourth-order valence-electron chi connectivity index (χ4n) is 1.48. The van der Waals surface area contributed by atoms with Gasteiger partial charge >= 0.3 is 0 Å².